The van der Waals surface area contributed by atoms with E-state index in [1.165, 1.54) is 42.5 Å². The van der Waals surface area contributed by atoms with Crippen molar-refractivity contribution in [1.29, 1.82) is 0 Å². The van der Waals surface area contributed by atoms with Gasteiger partial charge in [-0.05, 0) is 49.4 Å². The Morgan fingerprint density at radius 2 is 1.78 bits per heavy atom. The van der Waals surface area contributed by atoms with Crippen molar-refractivity contribution < 1.29 is 17.9 Å². The molecule has 0 spiro atoms. The number of hydrogen-bond acceptors (Lipinski definition) is 4. The molecule has 0 aliphatic rings. The maximum Gasteiger partial charge on any atom is 0.339 e. The molecule has 122 valence electrons. The molecule has 0 aliphatic heterocycles. The molecular weight excluding hydrogens is 361 g/mol. The minimum atomic E-state index is -3.77. The summed E-state index contributed by atoms with van der Waals surface area (Å²) in [5.41, 5.74) is 0.404. The Morgan fingerprint density at radius 3 is 2.35 bits per heavy atom. The molecule has 0 fully saturated rings. The number of ether oxygens (including phenoxy) is 1. The van der Waals surface area contributed by atoms with Crippen LogP contribution >= 0.6 is 23.2 Å². The molecule has 2 aromatic rings. The maximum atomic E-state index is 12.3. The summed E-state index contributed by atoms with van der Waals surface area (Å²) in [6.45, 7) is 1.90. The van der Waals surface area contributed by atoms with Gasteiger partial charge in [-0.3, -0.25) is 4.72 Å². The Hall–Kier alpha value is -1.76. The van der Waals surface area contributed by atoms with Gasteiger partial charge in [0.15, 0.2) is 0 Å². The standard InChI is InChI=1S/C15H13Cl2NO4S/c1-2-22-15(19)13-8-5-11(9-14(13)17)18-23(20,21)12-6-3-10(16)4-7-12/h3-9,18H,2H2,1H3. The summed E-state index contributed by atoms with van der Waals surface area (Å²) in [5.74, 6) is -0.565. The van der Waals surface area contributed by atoms with Crippen molar-refractivity contribution in [3.8, 4) is 0 Å². The Bertz CT molecular complexity index is 820. The van der Waals surface area contributed by atoms with Gasteiger partial charge in [0.2, 0.25) is 0 Å². The van der Waals surface area contributed by atoms with E-state index in [4.69, 9.17) is 27.9 Å². The topological polar surface area (TPSA) is 72.5 Å². The summed E-state index contributed by atoms with van der Waals surface area (Å²) >= 11 is 11.7. The molecule has 0 aliphatic carbocycles. The quantitative estimate of drug-likeness (QED) is 0.804. The number of nitrogens with one attached hydrogen (secondary N) is 1. The fourth-order valence-corrected chi connectivity index (χ4v) is 3.21. The van der Waals surface area contributed by atoms with E-state index in [1.807, 2.05) is 0 Å². The van der Waals surface area contributed by atoms with Gasteiger partial charge in [0.25, 0.3) is 10.0 Å². The average Bonchev–Trinajstić information content (AvgIpc) is 2.47. The third-order valence-corrected chi connectivity index (χ3v) is 4.80. The lowest BCUT2D eigenvalue weighted by Gasteiger charge is -2.10. The maximum absolute atomic E-state index is 12.3. The van der Waals surface area contributed by atoms with Crippen LogP contribution in [0.3, 0.4) is 0 Å². The molecule has 0 unspecified atom stereocenters. The van der Waals surface area contributed by atoms with Gasteiger partial charge in [-0.1, -0.05) is 23.2 Å². The van der Waals surface area contributed by atoms with Gasteiger partial charge in [0.1, 0.15) is 0 Å². The highest BCUT2D eigenvalue weighted by molar-refractivity contribution is 7.92. The predicted octanol–water partition coefficient (Wildman–Crippen LogP) is 3.97. The van der Waals surface area contributed by atoms with E-state index < -0.39 is 16.0 Å². The van der Waals surface area contributed by atoms with Crippen LogP contribution in [0.1, 0.15) is 17.3 Å². The van der Waals surface area contributed by atoms with Gasteiger partial charge in [-0.15, -0.1) is 0 Å². The number of carbonyl (C=O) groups is 1. The lowest BCUT2D eigenvalue weighted by molar-refractivity contribution is 0.0526. The zero-order valence-electron chi connectivity index (χ0n) is 12.0. The van der Waals surface area contributed by atoms with E-state index in [2.05, 4.69) is 4.72 Å². The average molecular weight is 374 g/mol. The van der Waals surface area contributed by atoms with Gasteiger partial charge in [0.05, 0.1) is 27.8 Å². The van der Waals surface area contributed by atoms with Crippen LogP contribution in [0.5, 0.6) is 0 Å². The van der Waals surface area contributed by atoms with Crippen LogP contribution in [0.4, 0.5) is 5.69 Å². The SMILES string of the molecule is CCOC(=O)c1ccc(NS(=O)(=O)c2ccc(Cl)cc2)cc1Cl. The van der Waals surface area contributed by atoms with E-state index in [0.717, 1.165) is 0 Å². The Balaban J connectivity index is 2.25. The van der Waals surface area contributed by atoms with Crippen molar-refractivity contribution in [2.75, 3.05) is 11.3 Å². The van der Waals surface area contributed by atoms with Gasteiger partial charge < -0.3 is 4.74 Å². The van der Waals surface area contributed by atoms with E-state index in [1.54, 1.807) is 6.92 Å². The van der Waals surface area contributed by atoms with Crippen LogP contribution in [0.2, 0.25) is 10.0 Å². The highest BCUT2D eigenvalue weighted by Gasteiger charge is 2.16. The zero-order chi connectivity index (χ0) is 17.0. The summed E-state index contributed by atoms with van der Waals surface area (Å²) in [6.07, 6.45) is 0. The van der Waals surface area contributed by atoms with Crippen molar-refractivity contribution in [2.24, 2.45) is 0 Å². The number of sulfonamides is 1. The van der Waals surface area contributed by atoms with Crippen molar-refractivity contribution in [3.05, 3.63) is 58.1 Å². The molecule has 0 heterocycles. The first-order chi connectivity index (χ1) is 10.8. The predicted molar refractivity (Wildman–Crippen MR) is 89.7 cm³/mol. The smallest absolute Gasteiger partial charge is 0.339 e. The fraction of sp³-hybridized carbons (Fsp3) is 0.133. The Morgan fingerprint density at radius 1 is 1.13 bits per heavy atom. The lowest BCUT2D eigenvalue weighted by Crippen LogP contribution is -2.13. The van der Waals surface area contributed by atoms with Crippen LogP contribution in [-0.4, -0.2) is 21.0 Å². The highest BCUT2D eigenvalue weighted by Crippen LogP contribution is 2.24. The zero-order valence-corrected chi connectivity index (χ0v) is 14.4. The van der Waals surface area contributed by atoms with Gasteiger partial charge in [-0.25, -0.2) is 13.2 Å². The molecule has 0 aromatic heterocycles. The van der Waals surface area contributed by atoms with E-state index in [-0.39, 0.29) is 27.8 Å². The minimum absolute atomic E-state index is 0.0625. The van der Waals surface area contributed by atoms with Crippen LogP contribution in [0.25, 0.3) is 0 Å². The molecule has 5 nitrogen and oxygen atoms in total. The number of rotatable bonds is 5. The Labute approximate surface area is 144 Å². The first-order valence-corrected chi connectivity index (χ1v) is 8.82. The molecule has 8 heteroatoms. The normalized spacial score (nSPS) is 11.1. The van der Waals surface area contributed by atoms with Gasteiger partial charge >= 0.3 is 5.97 Å². The highest BCUT2D eigenvalue weighted by atomic mass is 35.5. The van der Waals surface area contributed by atoms with Crippen LogP contribution in [0, 0.1) is 0 Å². The summed E-state index contributed by atoms with van der Waals surface area (Å²) in [6, 6.07) is 9.92. The first kappa shape index (κ1) is 17.6. The number of esters is 1. The Kier molecular flexibility index (Phi) is 5.51. The van der Waals surface area contributed by atoms with E-state index in [0.29, 0.717) is 5.02 Å². The monoisotopic (exact) mass is 373 g/mol. The summed E-state index contributed by atoms with van der Waals surface area (Å²) in [4.78, 5) is 11.7. The number of hydrogen-bond donors (Lipinski definition) is 1. The molecule has 1 N–H and O–H groups in total. The second-order valence-corrected chi connectivity index (χ2v) is 7.00. The fourth-order valence-electron chi connectivity index (χ4n) is 1.78. The lowest BCUT2D eigenvalue weighted by atomic mass is 10.2. The number of carbonyl (C=O) groups excluding carboxylic acids is 1. The molecular formula is C15H13Cl2NO4S. The summed E-state index contributed by atoms with van der Waals surface area (Å²) < 4.78 is 31.8. The third-order valence-electron chi connectivity index (χ3n) is 2.84. The van der Waals surface area contributed by atoms with Crippen molar-refractivity contribution >= 4 is 44.9 Å². The molecule has 0 amide bonds. The molecule has 0 saturated carbocycles. The van der Waals surface area contributed by atoms with E-state index in [9.17, 15) is 13.2 Å². The molecule has 0 bridgehead atoms. The summed E-state index contributed by atoms with van der Waals surface area (Å²) in [5, 5.41) is 0.533. The second-order valence-electron chi connectivity index (χ2n) is 4.47. The van der Waals surface area contributed by atoms with Crippen LogP contribution < -0.4 is 4.72 Å². The second kappa shape index (κ2) is 7.21. The van der Waals surface area contributed by atoms with Crippen LogP contribution in [0.15, 0.2) is 47.4 Å². The molecule has 2 rings (SSSR count). The van der Waals surface area contributed by atoms with E-state index >= 15 is 0 Å². The van der Waals surface area contributed by atoms with Crippen molar-refractivity contribution in [1.82, 2.24) is 0 Å². The van der Waals surface area contributed by atoms with Gasteiger partial charge in [0, 0.05) is 5.02 Å². The number of benzene rings is 2. The first-order valence-electron chi connectivity index (χ1n) is 6.58. The van der Waals surface area contributed by atoms with Crippen molar-refractivity contribution in [3.63, 3.8) is 0 Å². The third kappa shape index (κ3) is 4.37. The number of anilines is 1. The summed E-state index contributed by atoms with van der Waals surface area (Å²) in [7, 11) is -3.77. The minimum Gasteiger partial charge on any atom is -0.462 e. The number of halogens is 2. The van der Waals surface area contributed by atoms with Crippen molar-refractivity contribution in [2.45, 2.75) is 11.8 Å². The molecule has 0 saturated heterocycles. The molecule has 23 heavy (non-hydrogen) atoms. The van der Waals surface area contributed by atoms with Crippen LogP contribution in [-0.2, 0) is 14.8 Å². The largest absolute Gasteiger partial charge is 0.462 e. The molecule has 0 radical (unpaired) electrons. The molecule has 0 atom stereocenters. The van der Waals surface area contributed by atoms with Gasteiger partial charge in [-0.2, -0.15) is 0 Å². The molecule has 2 aromatic carbocycles.